The molecule has 0 aliphatic rings. The van der Waals surface area contributed by atoms with Crippen molar-refractivity contribution in [3.8, 4) is 45.6 Å². The average molecular weight is 673 g/mol. The van der Waals surface area contributed by atoms with Crippen molar-refractivity contribution >= 4 is 32.9 Å². The van der Waals surface area contributed by atoms with Crippen LogP contribution in [0.1, 0.15) is 72.9 Å². The Morgan fingerprint density at radius 3 is 1.14 bits per heavy atom. The molecule has 0 radical (unpaired) electrons. The largest absolute Gasteiger partial charge is 0.507 e. The number of nitrogens with one attached hydrogen (secondary N) is 2. The Hall–Kier alpha value is -5.76. The number of hydrogen-bond acceptors (Lipinski definition) is 8. The molecular weight excluding hydrogens is 628 g/mol. The van der Waals surface area contributed by atoms with E-state index in [1.165, 1.54) is 0 Å². The highest BCUT2D eigenvalue weighted by Crippen LogP contribution is 2.54. The number of aromatic hydroxyl groups is 6. The van der Waals surface area contributed by atoms with Crippen LogP contribution in [0.25, 0.3) is 32.7 Å². The topological polar surface area (TPSA) is 145 Å². The first kappa shape index (κ1) is 34.1. The van der Waals surface area contributed by atoms with Gasteiger partial charge in [0, 0.05) is 68.6 Å². The van der Waals surface area contributed by atoms with Crippen molar-refractivity contribution in [3.05, 3.63) is 106 Å². The monoisotopic (exact) mass is 672 g/mol. The van der Waals surface area contributed by atoms with Gasteiger partial charge in [0.25, 0.3) is 0 Å². The molecule has 0 spiro atoms. The van der Waals surface area contributed by atoms with Gasteiger partial charge in [-0.3, -0.25) is 0 Å². The summed E-state index contributed by atoms with van der Waals surface area (Å²) in [7, 11) is 0. The fourth-order valence-electron chi connectivity index (χ4n) is 7.31. The van der Waals surface area contributed by atoms with Crippen LogP contribution < -0.4 is 10.6 Å². The lowest BCUT2D eigenvalue weighted by Crippen LogP contribution is -2.05. The maximum absolute atomic E-state index is 12.3. The molecule has 0 fully saturated rings. The lowest BCUT2D eigenvalue weighted by molar-refractivity contribution is 0.395. The van der Waals surface area contributed by atoms with Crippen LogP contribution in [0, 0.1) is 13.8 Å². The van der Waals surface area contributed by atoms with Crippen molar-refractivity contribution < 1.29 is 30.6 Å². The molecule has 0 atom stereocenters. The number of rotatable bonds is 9. The third kappa shape index (κ3) is 5.70. The molecule has 6 aromatic carbocycles. The van der Waals surface area contributed by atoms with E-state index >= 15 is 0 Å². The summed E-state index contributed by atoms with van der Waals surface area (Å²) in [5.41, 5.74) is 5.19. The van der Waals surface area contributed by atoms with Crippen LogP contribution >= 0.6 is 0 Å². The lowest BCUT2D eigenvalue weighted by Gasteiger charge is -2.25. The summed E-state index contributed by atoms with van der Waals surface area (Å²) < 4.78 is 0. The third-order valence-corrected chi connectivity index (χ3v) is 9.60. The molecular formula is C42H44N2O6. The number of aryl methyl sites for hydroxylation is 2. The standard InChI is InChI=1S/C42H44N2O6/c1-21(2)31-27-17-23(5)33(39(47)35(27)29(37(45)41(31)49)19-43-25-13-9-7-10-14-25)34-24(6)18-28-32(22(3)4)42(50)38(46)30(36(28)40(34)48)20-44-26-15-11-8-12-16-26/h7-18,21-22,43-50H,19-20H2,1-6H3. The Balaban J connectivity index is 1.66. The SMILES string of the molecule is Cc1cc2c(C(C)C)c(O)c(O)c(CNc3ccccc3)c2c(O)c1-c1c(C)cc2c(C(C)C)c(O)c(O)c(CNc3ccccc3)c2c1O. The number of benzene rings is 6. The first-order valence-corrected chi connectivity index (χ1v) is 16.9. The zero-order chi connectivity index (χ0) is 36.0. The smallest absolute Gasteiger partial charge is 0.163 e. The second-order valence-electron chi connectivity index (χ2n) is 13.6. The minimum absolute atomic E-state index is 0.0945. The highest BCUT2D eigenvalue weighted by Gasteiger charge is 2.30. The number of anilines is 2. The second-order valence-corrected chi connectivity index (χ2v) is 13.6. The summed E-state index contributed by atoms with van der Waals surface area (Å²) >= 11 is 0. The second kappa shape index (κ2) is 13.3. The molecule has 0 bridgehead atoms. The van der Waals surface area contributed by atoms with Gasteiger partial charge >= 0.3 is 0 Å². The van der Waals surface area contributed by atoms with Gasteiger partial charge in [-0.15, -0.1) is 0 Å². The van der Waals surface area contributed by atoms with Gasteiger partial charge in [0.1, 0.15) is 11.5 Å². The number of hydrogen-bond donors (Lipinski definition) is 8. The molecule has 6 aromatic rings. The Morgan fingerprint density at radius 2 is 0.820 bits per heavy atom. The number of phenols is 6. The van der Waals surface area contributed by atoms with Gasteiger partial charge in [0.15, 0.2) is 23.0 Å². The van der Waals surface area contributed by atoms with Gasteiger partial charge in [-0.25, -0.2) is 0 Å². The van der Waals surface area contributed by atoms with Crippen LogP contribution in [-0.4, -0.2) is 30.6 Å². The Bertz CT molecular complexity index is 2090. The van der Waals surface area contributed by atoms with Crippen molar-refractivity contribution in [2.75, 3.05) is 10.6 Å². The lowest BCUT2D eigenvalue weighted by atomic mass is 9.83. The summed E-state index contributed by atoms with van der Waals surface area (Å²) in [4.78, 5) is 0. The summed E-state index contributed by atoms with van der Waals surface area (Å²) in [5.74, 6) is -1.82. The average Bonchev–Trinajstić information content (AvgIpc) is 3.07. The zero-order valence-corrected chi connectivity index (χ0v) is 29.2. The fourth-order valence-corrected chi connectivity index (χ4v) is 7.31. The molecule has 8 nitrogen and oxygen atoms in total. The molecule has 0 aliphatic heterocycles. The summed E-state index contributed by atoms with van der Waals surface area (Å²) in [5, 5.41) is 78.5. The van der Waals surface area contributed by atoms with E-state index < -0.39 is 0 Å². The van der Waals surface area contributed by atoms with E-state index in [0.29, 0.717) is 66.1 Å². The Morgan fingerprint density at radius 1 is 0.480 bits per heavy atom. The molecule has 0 saturated carbocycles. The normalized spacial score (nSPS) is 11.6. The van der Waals surface area contributed by atoms with Crippen LogP contribution in [0.2, 0.25) is 0 Å². The minimum atomic E-state index is -0.328. The zero-order valence-electron chi connectivity index (χ0n) is 29.2. The van der Waals surface area contributed by atoms with Crippen molar-refractivity contribution in [1.82, 2.24) is 0 Å². The van der Waals surface area contributed by atoms with Crippen LogP contribution in [0.4, 0.5) is 11.4 Å². The first-order chi connectivity index (χ1) is 23.8. The van der Waals surface area contributed by atoms with E-state index in [0.717, 1.165) is 11.4 Å². The van der Waals surface area contributed by atoms with E-state index in [9.17, 15) is 30.6 Å². The van der Waals surface area contributed by atoms with Gasteiger partial charge in [-0.1, -0.05) is 76.2 Å². The maximum atomic E-state index is 12.3. The third-order valence-electron chi connectivity index (χ3n) is 9.60. The molecule has 258 valence electrons. The number of para-hydroxylation sites is 2. The molecule has 50 heavy (non-hydrogen) atoms. The fraction of sp³-hybridized carbons (Fsp3) is 0.238. The number of phenolic OH excluding ortho intramolecular Hbond substituents is 6. The van der Waals surface area contributed by atoms with Gasteiger partial charge in [-0.2, -0.15) is 0 Å². The van der Waals surface area contributed by atoms with E-state index in [1.807, 2.05) is 114 Å². The molecule has 8 N–H and O–H groups in total. The minimum Gasteiger partial charge on any atom is -0.507 e. The molecule has 0 amide bonds. The predicted octanol–water partition coefficient (Wildman–Crippen LogP) is 9.98. The van der Waals surface area contributed by atoms with E-state index in [2.05, 4.69) is 10.6 Å². The maximum Gasteiger partial charge on any atom is 0.163 e. The molecule has 0 unspecified atom stereocenters. The quantitative estimate of drug-likeness (QED) is 0.0709. The number of fused-ring (bicyclic) bond motifs is 2. The first-order valence-electron chi connectivity index (χ1n) is 16.9. The summed E-state index contributed by atoms with van der Waals surface area (Å²) in [6.07, 6.45) is 0. The van der Waals surface area contributed by atoms with Gasteiger partial charge in [-0.05, 0) is 71.8 Å². The molecule has 0 saturated heterocycles. The molecule has 8 heteroatoms. The van der Waals surface area contributed by atoms with Crippen molar-refractivity contribution in [2.45, 2.75) is 66.5 Å². The highest BCUT2D eigenvalue weighted by molar-refractivity contribution is 6.08. The van der Waals surface area contributed by atoms with Crippen LogP contribution in [0.15, 0.2) is 72.8 Å². The molecule has 0 heterocycles. The van der Waals surface area contributed by atoms with Crippen molar-refractivity contribution in [3.63, 3.8) is 0 Å². The summed E-state index contributed by atoms with van der Waals surface area (Å²) in [6, 6.07) is 22.6. The van der Waals surface area contributed by atoms with E-state index in [-0.39, 0.29) is 59.4 Å². The molecule has 0 aromatic heterocycles. The van der Waals surface area contributed by atoms with Gasteiger partial charge < -0.3 is 41.3 Å². The van der Waals surface area contributed by atoms with Crippen LogP contribution in [0.5, 0.6) is 34.5 Å². The van der Waals surface area contributed by atoms with Crippen molar-refractivity contribution in [1.29, 1.82) is 0 Å². The molecule has 6 rings (SSSR count). The molecule has 0 aliphatic carbocycles. The Labute approximate surface area is 291 Å². The van der Waals surface area contributed by atoms with Crippen LogP contribution in [-0.2, 0) is 13.1 Å². The van der Waals surface area contributed by atoms with Crippen LogP contribution in [0.3, 0.4) is 0 Å². The van der Waals surface area contributed by atoms with Crippen molar-refractivity contribution in [2.24, 2.45) is 0 Å². The van der Waals surface area contributed by atoms with E-state index in [4.69, 9.17) is 0 Å². The highest BCUT2D eigenvalue weighted by atomic mass is 16.3. The van der Waals surface area contributed by atoms with E-state index in [1.54, 1.807) is 0 Å². The summed E-state index contributed by atoms with van der Waals surface area (Å²) in [6.45, 7) is 11.5. The Kier molecular flexibility index (Phi) is 9.06. The predicted molar refractivity (Wildman–Crippen MR) is 202 cm³/mol. The van der Waals surface area contributed by atoms with Gasteiger partial charge in [0.2, 0.25) is 0 Å². The van der Waals surface area contributed by atoms with Gasteiger partial charge in [0.05, 0.1) is 0 Å².